The van der Waals surface area contributed by atoms with Crippen LogP contribution in [0.1, 0.15) is 40.0 Å². The summed E-state index contributed by atoms with van der Waals surface area (Å²) in [5.74, 6) is -0.0791. The van der Waals surface area contributed by atoms with E-state index in [1.807, 2.05) is 13.8 Å². The van der Waals surface area contributed by atoms with Crippen molar-refractivity contribution in [2.75, 3.05) is 6.61 Å². The number of aliphatic hydroxyl groups is 2. The summed E-state index contributed by atoms with van der Waals surface area (Å²) in [4.78, 5) is 11.2. The van der Waals surface area contributed by atoms with Crippen molar-refractivity contribution in [3.05, 3.63) is 23.0 Å². The Morgan fingerprint density at radius 1 is 1.56 bits per heavy atom. The molecule has 2 N–H and O–H groups in total. The van der Waals surface area contributed by atoms with Crippen LogP contribution in [0.3, 0.4) is 0 Å². The Bertz CT molecular complexity index is 368. The van der Waals surface area contributed by atoms with E-state index in [4.69, 9.17) is 9.84 Å². The minimum Gasteiger partial charge on any atom is -0.508 e. The Morgan fingerprint density at radius 3 is 2.72 bits per heavy atom. The Balaban J connectivity index is 2.44. The number of hydrogen-bond acceptors (Lipinski definition) is 4. The maximum absolute atomic E-state index is 11.2. The Hall–Kier alpha value is -1.29. The van der Waals surface area contributed by atoms with Crippen molar-refractivity contribution in [1.82, 2.24) is 0 Å². The molecule has 1 rings (SSSR count). The fourth-order valence-corrected chi connectivity index (χ4v) is 1.84. The van der Waals surface area contributed by atoms with Crippen LogP contribution in [0.5, 0.6) is 0 Å². The van der Waals surface area contributed by atoms with Gasteiger partial charge in [-0.1, -0.05) is 18.6 Å². The number of aliphatic hydroxyl groups excluding tert-OH is 2. The smallest absolute Gasteiger partial charge is 0.338 e. The highest BCUT2D eigenvalue weighted by atomic mass is 16.6. The van der Waals surface area contributed by atoms with E-state index in [9.17, 15) is 9.90 Å². The van der Waals surface area contributed by atoms with Gasteiger partial charge in [-0.15, -0.1) is 0 Å². The molecule has 0 aromatic carbocycles. The molecule has 0 radical (unpaired) electrons. The van der Waals surface area contributed by atoms with Gasteiger partial charge in [0.15, 0.2) is 6.10 Å². The number of carbonyl (C=O) groups excluding carboxylic acids is 1. The number of esters is 1. The predicted octanol–water partition coefficient (Wildman–Crippen LogP) is 2.49. The summed E-state index contributed by atoms with van der Waals surface area (Å²) in [7, 11) is 0. The quantitative estimate of drug-likeness (QED) is 0.564. The van der Waals surface area contributed by atoms with Gasteiger partial charge in [0.25, 0.3) is 0 Å². The first kappa shape index (κ1) is 14.8. The zero-order chi connectivity index (χ0) is 13.7. The summed E-state index contributed by atoms with van der Waals surface area (Å²) < 4.78 is 5.06. The summed E-state index contributed by atoms with van der Waals surface area (Å²) in [5.41, 5.74) is 1.39. The van der Waals surface area contributed by atoms with E-state index in [1.165, 1.54) is 0 Å². The van der Waals surface area contributed by atoms with E-state index >= 15 is 0 Å². The molecule has 0 aliphatic carbocycles. The van der Waals surface area contributed by atoms with E-state index in [2.05, 4.69) is 6.08 Å². The monoisotopic (exact) mass is 254 g/mol. The van der Waals surface area contributed by atoms with Gasteiger partial charge >= 0.3 is 5.97 Å². The van der Waals surface area contributed by atoms with Crippen molar-refractivity contribution in [2.24, 2.45) is 5.92 Å². The molecule has 102 valence electrons. The lowest BCUT2D eigenvalue weighted by Crippen LogP contribution is -2.12. The summed E-state index contributed by atoms with van der Waals surface area (Å²) >= 11 is 0. The van der Waals surface area contributed by atoms with E-state index in [1.54, 1.807) is 6.92 Å². The van der Waals surface area contributed by atoms with Crippen LogP contribution in [0.4, 0.5) is 0 Å². The molecule has 0 saturated heterocycles. The molecule has 2 atom stereocenters. The van der Waals surface area contributed by atoms with Crippen LogP contribution >= 0.6 is 0 Å². The molecular weight excluding hydrogens is 232 g/mol. The van der Waals surface area contributed by atoms with Crippen LogP contribution in [0, 0.1) is 5.92 Å². The largest absolute Gasteiger partial charge is 0.508 e. The minimum absolute atomic E-state index is 0.0523. The fraction of sp³-hybridized carbons (Fsp3) is 0.643. The van der Waals surface area contributed by atoms with Crippen LogP contribution in [0.15, 0.2) is 23.0 Å². The van der Waals surface area contributed by atoms with E-state index in [-0.39, 0.29) is 12.4 Å². The lowest BCUT2D eigenvalue weighted by Gasteiger charge is -2.11. The normalized spacial score (nSPS) is 22.3. The van der Waals surface area contributed by atoms with Gasteiger partial charge < -0.3 is 14.9 Å². The third-order valence-electron chi connectivity index (χ3n) is 3.22. The predicted molar refractivity (Wildman–Crippen MR) is 69.1 cm³/mol. The van der Waals surface area contributed by atoms with Crippen LogP contribution < -0.4 is 0 Å². The first-order valence-electron chi connectivity index (χ1n) is 6.33. The summed E-state index contributed by atoms with van der Waals surface area (Å²) in [6.45, 7) is 5.73. The molecule has 4 nitrogen and oxygen atoms in total. The second-order valence-corrected chi connectivity index (χ2v) is 5.02. The summed E-state index contributed by atoms with van der Waals surface area (Å²) in [6.07, 6.45) is 3.89. The highest BCUT2D eigenvalue weighted by molar-refractivity contribution is 5.91. The van der Waals surface area contributed by atoms with Crippen LogP contribution in [0.2, 0.25) is 0 Å². The molecule has 18 heavy (non-hydrogen) atoms. The van der Waals surface area contributed by atoms with Gasteiger partial charge in [-0.3, -0.25) is 0 Å². The molecule has 1 aliphatic rings. The third-order valence-corrected chi connectivity index (χ3v) is 3.22. The summed E-state index contributed by atoms with van der Waals surface area (Å²) in [6, 6.07) is 0. The van der Waals surface area contributed by atoms with E-state index in [0.29, 0.717) is 17.9 Å². The first-order chi connectivity index (χ1) is 8.45. The molecular formula is C14H22O4. The first-order valence-corrected chi connectivity index (χ1v) is 6.33. The average molecular weight is 254 g/mol. The van der Waals surface area contributed by atoms with Crippen LogP contribution in [-0.4, -0.2) is 28.9 Å². The van der Waals surface area contributed by atoms with Crippen molar-refractivity contribution >= 4 is 5.97 Å². The number of allylic oxidation sites excluding steroid dienone is 1. The average Bonchev–Trinajstić information content (AvgIpc) is 2.56. The van der Waals surface area contributed by atoms with Crippen LogP contribution in [-0.2, 0) is 9.53 Å². The number of cyclic esters (lactones) is 1. The van der Waals surface area contributed by atoms with E-state index in [0.717, 1.165) is 18.4 Å². The molecule has 1 aliphatic heterocycles. The maximum Gasteiger partial charge on any atom is 0.338 e. The van der Waals surface area contributed by atoms with Crippen molar-refractivity contribution < 1.29 is 19.7 Å². The molecule has 0 amide bonds. The lowest BCUT2D eigenvalue weighted by molar-refractivity contribution is -0.140. The number of hydrogen-bond donors (Lipinski definition) is 2. The van der Waals surface area contributed by atoms with Gasteiger partial charge in [-0.05, 0) is 32.6 Å². The van der Waals surface area contributed by atoms with Gasteiger partial charge in [0.05, 0.1) is 5.57 Å². The topological polar surface area (TPSA) is 66.8 Å². The number of rotatable bonds is 6. The highest BCUT2D eigenvalue weighted by Crippen LogP contribution is 2.25. The van der Waals surface area contributed by atoms with E-state index < -0.39 is 12.1 Å². The minimum atomic E-state index is -0.524. The highest BCUT2D eigenvalue weighted by Gasteiger charge is 2.31. The van der Waals surface area contributed by atoms with Gasteiger partial charge in [0.2, 0.25) is 0 Å². The second kappa shape index (κ2) is 6.59. The molecule has 0 bridgehead atoms. The Labute approximate surface area is 108 Å². The molecule has 0 aromatic heterocycles. The molecule has 0 unspecified atom stereocenters. The molecule has 1 heterocycles. The number of carbonyl (C=O) groups is 1. The molecule has 0 aromatic rings. The maximum atomic E-state index is 11.2. The summed E-state index contributed by atoms with van der Waals surface area (Å²) in [5, 5.41) is 18.6. The van der Waals surface area contributed by atoms with Crippen molar-refractivity contribution in [3.63, 3.8) is 0 Å². The van der Waals surface area contributed by atoms with Gasteiger partial charge in [-0.2, -0.15) is 0 Å². The zero-order valence-corrected chi connectivity index (χ0v) is 11.3. The second-order valence-electron chi connectivity index (χ2n) is 5.02. The molecule has 0 fully saturated rings. The molecule has 0 saturated carbocycles. The Kier molecular flexibility index (Phi) is 5.41. The van der Waals surface area contributed by atoms with Gasteiger partial charge in [0, 0.05) is 13.0 Å². The van der Waals surface area contributed by atoms with Crippen LogP contribution in [0.25, 0.3) is 0 Å². The third kappa shape index (κ3) is 3.88. The van der Waals surface area contributed by atoms with Crippen molar-refractivity contribution in [3.8, 4) is 0 Å². The van der Waals surface area contributed by atoms with Crippen molar-refractivity contribution in [1.29, 1.82) is 0 Å². The zero-order valence-electron chi connectivity index (χ0n) is 11.3. The number of ether oxygens (including phenoxy) is 1. The standard InChI is InChI=1S/C14H22O4/c1-9(5-4-6-10(2)8-15)7-12-13(16)11(3)14(17)18-12/h5,10,12,15-16H,4,6-8H2,1-3H3/b9-5+/t10-,12+/m0/s1. The van der Waals surface area contributed by atoms with Crippen molar-refractivity contribution in [2.45, 2.75) is 46.1 Å². The SMILES string of the molecule is CC1=C(O)[C@@H](C/C(C)=C/CC[C@H](C)CO)OC1=O. The Morgan fingerprint density at radius 2 is 2.22 bits per heavy atom. The lowest BCUT2D eigenvalue weighted by atomic mass is 10.0. The van der Waals surface area contributed by atoms with Gasteiger partial charge in [-0.25, -0.2) is 4.79 Å². The van der Waals surface area contributed by atoms with Gasteiger partial charge in [0.1, 0.15) is 5.76 Å². The fourth-order valence-electron chi connectivity index (χ4n) is 1.84. The molecule has 4 heteroatoms. The molecule has 0 spiro atoms.